The molecule has 2 aromatic carbocycles. The molecule has 0 spiro atoms. The molecule has 1 unspecified atom stereocenters. The Labute approximate surface area is 189 Å². The number of carbonyl (C=O) groups excluding carboxylic acids is 2. The zero-order chi connectivity index (χ0) is 22.3. The zero-order valence-corrected chi connectivity index (χ0v) is 18.6. The van der Waals surface area contributed by atoms with Crippen molar-refractivity contribution in [3.63, 3.8) is 0 Å². The van der Waals surface area contributed by atoms with Crippen LogP contribution in [0.15, 0.2) is 48.5 Å². The maximum Gasteiger partial charge on any atom is 0.319 e. The van der Waals surface area contributed by atoms with Gasteiger partial charge < -0.3 is 25.6 Å². The van der Waals surface area contributed by atoms with Crippen LogP contribution in [0.25, 0.3) is 0 Å². The van der Waals surface area contributed by atoms with Gasteiger partial charge in [0.25, 0.3) is 5.91 Å². The highest BCUT2D eigenvalue weighted by molar-refractivity contribution is 5.99. The van der Waals surface area contributed by atoms with E-state index in [4.69, 9.17) is 4.74 Å². The summed E-state index contributed by atoms with van der Waals surface area (Å²) in [5.41, 5.74) is 3.58. The lowest BCUT2D eigenvalue weighted by atomic mass is 10.0. The molecule has 0 aliphatic carbocycles. The molecule has 32 heavy (non-hydrogen) atoms. The second kappa shape index (κ2) is 10.5. The molecular formula is C25H32N4O3. The highest BCUT2D eigenvalue weighted by Crippen LogP contribution is 2.24. The molecule has 3 amide bonds. The van der Waals surface area contributed by atoms with Crippen molar-refractivity contribution in [2.24, 2.45) is 0 Å². The Morgan fingerprint density at radius 1 is 1.03 bits per heavy atom. The van der Waals surface area contributed by atoms with Crippen LogP contribution in [0.5, 0.6) is 0 Å². The summed E-state index contributed by atoms with van der Waals surface area (Å²) in [6, 6.07) is 15.4. The molecule has 0 aromatic heterocycles. The van der Waals surface area contributed by atoms with Gasteiger partial charge in [0.1, 0.15) is 0 Å². The summed E-state index contributed by atoms with van der Waals surface area (Å²) in [4.78, 5) is 27.4. The molecule has 2 saturated heterocycles. The van der Waals surface area contributed by atoms with E-state index in [-0.39, 0.29) is 24.1 Å². The van der Waals surface area contributed by atoms with Crippen molar-refractivity contribution in [3.8, 4) is 0 Å². The first-order chi connectivity index (χ1) is 15.6. The molecule has 4 rings (SSSR count). The molecular weight excluding hydrogens is 404 g/mol. The first-order valence-electron chi connectivity index (χ1n) is 11.5. The molecule has 2 aromatic rings. The van der Waals surface area contributed by atoms with E-state index in [1.807, 2.05) is 55.5 Å². The Kier molecular flexibility index (Phi) is 7.27. The molecule has 2 aliphatic heterocycles. The van der Waals surface area contributed by atoms with Crippen molar-refractivity contribution in [1.29, 1.82) is 0 Å². The van der Waals surface area contributed by atoms with Gasteiger partial charge in [-0.25, -0.2) is 4.79 Å². The third kappa shape index (κ3) is 5.79. The summed E-state index contributed by atoms with van der Waals surface area (Å²) in [6.45, 7) is 4.92. The topological polar surface area (TPSA) is 82.7 Å². The summed E-state index contributed by atoms with van der Waals surface area (Å²) < 4.78 is 5.61. The zero-order valence-electron chi connectivity index (χ0n) is 18.6. The van der Waals surface area contributed by atoms with Crippen molar-refractivity contribution in [2.75, 3.05) is 36.5 Å². The molecule has 2 heterocycles. The van der Waals surface area contributed by atoms with Gasteiger partial charge in [0, 0.05) is 43.7 Å². The van der Waals surface area contributed by atoms with Crippen molar-refractivity contribution >= 4 is 23.3 Å². The monoisotopic (exact) mass is 436 g/mol. The summed E-state index contributed by atoms with van der Waals surface area (Å²) in [5, 5.41) is 8.99. The number of para-hydroxylation sites is 1. The highest BCUT2D eigenvalue weighted by atomic mass is 16.5. The van der Waals surface area contributed by atoms with Crippen LogP contribution in [0.1, 0.15) is 41.6 Å². The van der Waals surface area contributed by atoms with Crippen molar-refractivity contribution < 1.29 is 14.3 Å². The van der Waals surface area contributed by atoms with Gasteiger partial charge in [-0.15, -0.1) is 0 Å². The molecule has 1 atom stereocenters. The van der Waals surface area contributed by atoms with Crippen molar-refractivity contribution in [1.82, 2.24) is 10.6 Å². The Morgan fingerprint density at radius 3 is 2.50 bits per heavy atom. The fourth-order valence-electron chi connectivity index (χ4n) is 4.30. The molecule has 2 aliphatic rings. The van der Waals surface area contributed by atoms with E-state index < -0.39 is 0 Å². The number of ether oxygens (including phenoxy) is 1. The number of nitrogens with one attached hydrogen (secondary N) is 3. The molecule has 3 N–H and O–H groups in total. The van der Waals surface area contributed by atoms with Crippen molar-refractivity contribution in [3.05, 3.63) is 59.7 Å². The number of aryl methyl sites for hydroxylation is 1. The third-order valence-electron chi connectivity index (χ3n) is 6.14. The standard InChI is InChI=1S/C25H32N4O3/c1-18-8-10-19(11-9-18)27-25(31)28-20-12-14-29(15-13-20)23-7-3-2-6-22(23)24(30)26-17-21-5-4-16-32-21/h2-3,6-11,20-21H,4-5,12-17H2,1H3,(H,26,30)(H2,27,28,31). The summed E-state index contributed by atoms with van der Waals surface area (Å²) >= 11 is 0. The van der Waals surface area contributed by atoms with E-state index in [1.165, 1.54) is 0 Å². The number of hydrogen-bond donors (Lipinski definition) is 3. The normalized spacial score (nSPS) is 18.9. The van der Waals surface area contributed by atoms with Crippen LogP contribution in [0.2, 0.25) is 0 Å². The fourth-order valence-corrected chi connectivity index (χ4v) is 4.30. The van der Waals surface area contributed by atoms with Gasteiger partial charge in [-0.05, 0) is 56.9 Å². The van der Waals surface area contributed by atoms with Gasteiger partial charge >= 0.3 is 6.03 Å². The van der Waals surface area contributed by atoms with E-state index in [1.54, 1.807) is 0 Å². The van der Waals surface area contributed by atoms with Crippen LogP contribution >= 0.6 is 0 Å². The lowest BCUT2D eigenvalue weighted by molar-refractivity contribution is 0.0858. The Hall–Kier alpha value is -3.06. The number of anilines is 2. The third-order valence-corrected chi connectivity index (χ3v) is 6.14. The van der Waals surface area contributed by atoms with Gasteiger partial charge in [-0.3, -0.25) is 4.79 Å². The van der Waals surface area contributed by atoms with Gasteiger partial charge in [0.15, 0.2) is 0 Å². The minimum Gasteiger partial charge on any atom is -0.376 e. The Morgan fingerprint density at radius 2 is 1.78 bits per heavy atom. The van der Waals surface area contributed by atoms with Crippen LogP contribution in [0, 0.1) is 6.92 Å². The number of benzene rings is 2. The molecule has 0 bridgehead atoms. The maximum atomic E-state index is 12.8. The lowest BCUT2D eigenvalue weighted by Crippen LogP contribution is -2.46. The predicted molar refractivity (Wildman–Crippen MR) is 126 cm³/mol. The van der Waals surface area contributed by atoms with Crippen molar-refractivity contribution in [2.45, 2.75) is 44.8 Å². The van der Waals surface area contributed by atoms with Gasteiger partial charge in [-0.1, -0.05) is 29.8 Å². The number of amides is 3. The van der Waals surface area contributed by atoms with Crippen LogP contribution in [0.4, 0.5) is 16.2 Å². The van der Waals surface area contributed by atoms with Crippen LogP contribution < -0.4 is 20.9 Å². The first kappa shape index (κ1) is 22.1. The summed E-state index contributed by atoms with van der Waals surface area (Å²) in [5.74, 6) is -0.0613. The Balaban J connectivity index is 1.28. The van der Waals surface area contributed by atoms with Gasteiger partial charge in [0.2, 0.25) is 0 Å². The number of nitrogens with zero attached hydrogens (tertiary/aromatic N) is 1. The quantitative estimate of drug-likeness (QED) is 0.645. The summed E-state index contributed by atoms with van der Waals surface area (Å²) in [6.07, 6.45) is 3.84. The van der Waals surface area contributed by atoms with E-state index in [0.29, 0.717) is 12.1 Å². The van der Waals surface area contributed by atoms with E-state index >= 15 is 0 Å². The van der Waals surface area contributed by atoms with E-state index in [0.717, 1.165) is 62.3 Å². The molecule has 0 saturated carbocycles. The smallest absolute Gasteiger partial charge is 0.319 e. The largest absolute Gasteiger partial charge is 0.376 e. The highest BCUT2D eigenvalue weighted by Gasteiger charge is 2.24. The molecule has 0 radical (unpaired) electrons. The molecule has 7 heteroatoms. The van der Waals surface area contributed by atoms with Crippen LogP contribution in [0.3, 0.4) is 0 Å². The average molecular weight is 437 g/mol. The number of piperidine rings is 1. The average Bonchev–Trinajstić information content (AvgIpc) is 3.33. The number of urea groups is 1. The minimum atomic E-state index is -0.179. The summed E-state index contributed by atoms with van der Waals surface area (Å²) in [7, 11) is 0. The second-order valence-corrected chi connectivity index (χ2v) is 8.59. The number of carbonyl (C=O) groups is 2. The Bertz CT molecular complexity index is 917. The van der Waals surface area contributed by atoms with E-state index in [2.05, 4.69) is 20.9 Å². The molecule has 7 nitrogen and oxygen atoms in total. The fraction of sp³-hybridized carbons (Fsp3) is 0.440. The first-order valence-corrected chi connectivity index (χ1v) is 11.5. The van der Waals surface area contributed by atoms with Crippen LogP contribution in [-0.4, -0.2) is 50.3 Å². The minimum absolute atomic E-state index is 0.0613. The van der Waals surface area contributed by atoms with E-state index in [9.17, 15) is 9.59 Å². The maximum absolute atomic E-state index is 12.8. The lowest BCUT2D eigenvalue weighted by Gasteiger charge is -2.34. The van der Waals surface area contributed by atoms with Gasteiger partial charge in [-0.2, -0.15) is 0 Å². The SMILES string of the molecule is Cc1ccc(NC(=O)NC2CCN(c3ccccc3C(=O)NCC3CCCO3)CC2)cc1. The van der Waals surface area contributed by atoms with Crippen LogP contribution in [-0.2, 0) is 4.74 Å². The molecule has 170 valence electrons. The predicted octanol–water partition coefficient (Wildman–Crippen LogP) is 3.69. The number of rotatable bonds is 6. The number of hydrogen-bond acceptors (Lipinski definition) is 4. The molecule has 2 fully saturated rings. The van der Waals surface area contributed by atoms with Gasteiger partial charge in [0.05, 0.1) is 11.7 Å². The second-order valence-electron chi connectivity index (χ2n) is 8.59.